The fraction of sp³-hybridized carbons (Fsp3) is 0.947. The summed E-state index contributed by atoms with van der Waals surface area (Å²) in [6.45, 7) is 9.56. The van der Waals surface area contributed by atoms with Gasteiger partial charge in [0.2, 0.25) is 0 Å². The van der Waals surface area contributed by atoms with Crippen LogP contribution >= 0.6 is 0 Å². The average molecular weight is 723 g/mol. The zero-order valence-corrected chi connectivity index (χ0v) is 36.1. The summed E-state index contributed by atoms with van der Waals surface area (Å²) in [5.74, 6) is 7.07. The van der Waals surface area contributed by atoms with Crippen LogP contribution in [0.2, 0.25) is 0 Å². The van der Waals surface area contributed by atoms with E-state index in [1.54, 1.807) is 0 Å². The topological polar surface area (TPSA) is 155 Å². The van der Waals surface area contributed by atoms with Crippen LogP contribution in [-0.4, -0.2) is 51.5 Å². The van der Waals surface area contributed by atoms with Crippen LogP contribution in [0.15, 0.2) is 0 Å². The molecule has 0 spiro atoms. The van der Waals surface area contributed by atoms with Crippen LogP contribution in [0, 0.1) is 69.0 Å². The molecule has 8 nitrogen and oxygen atoms in total. The van der Waals surface area contributed by atoms with Crippen molar-refractivity contribution in [3.63, 3.8) is 0 Å². The molecule has 0 amide bonds. The van der Waals surface area contributed by atoms with Gasteiger partial charge in [-0.1, -0.05) is 27.7 Å². The number of aliphatic hydroxyl groups is 2. The molecule has 0 bridgehead atoms. The van der Waals surface area contributed by atoms with E-state index in [1.165, 1.54) is 51.4 Å². The molecule has 0 aromatic heterocycles. The quantitative estimate of drug-likeness (QED) is 0.209. The fourth-order valence-electron chi connectivity index (χ4n) is 14.0. The first-order valence-electron chi connectivity index (χ1n) is 19.0. The maximum atomic E-state index is 12.4. The van der Waals surface area contributed by atoms with Crippen molar-refractivity contribution in [1.82, 2.24) is 0 Å². The van der Waals surface area contributed by atoms with E-state index in [9.17, 15) is 19.8 Å². The molecular formula is C38H60Na2O8S. The van der Waals surface area contributed by atoms with Gasteiger partial charge in [-0.25, -0.2) is 0 Å². The molecule has 0 aromatic carbocycles. The molecule has 0 heterocycles. The number of hydrogen-bond acceptors (Lipinski definition) is 8. The second-order valence-corrected chi connectivity index (χ2v) is 19.2. The number of Topliss-reactive ketones (excluding diaryl/α,β-unsaturated/α-hetero) is 2. The Morgan fingerprint density at radius 1 is 0.551 bits per heavy atom. The van der Waals surface area contributed by atoms with Gasteiger partial charge in [0.25, 0.3) is 0 Å². The predicted molar refractivity (Wildman–Crippen MR) is 176 cm³/mol. The Morgan fingerprint density at radius 3 is 1.24 bits per heavy atom. The van der Waals surface area contributed by atoms with E-state index in [4.69, 9.17) is 17.5 Å². The van der Waals surface area contributed by atoms with Crippen molar-refractivity contribution in [3.8, 4) is 0 Å². The molecule has 8 fully saturated rings. The molecule has 8 saturated carbocycles. The molecule has 0 aromatic rings. The van der Waals surface area contributed by atoms with E-state index in [-0.39, 0.29) is 82.2 Å². The summed E-state index contributed by atoms with van der Waals surface area (Å²) in [6, 6.07) is 0. The van der Waals surface area contributed by atoms with E-state index in [0.29, 0.717) is 34.2 Å². The van der Waals surface area contributed by atoms with Crippen molar-refractivity contribution in [2.75, 3.05) is 0 Å². The number of hydrogen-bond donors (Lipinski definition) is 2. The van der Waals surface area contributed by atoms with E-state index in [2.05, 4.69) is 27.7 Å². The molecular weight excluding hydrogens is 662 g/mol. The minimum absolute atomic E-state index is 0. The summed E-state index contributed by atoms with van der Waals surface area (Å²) in [5.41, 5.74) is 0.904. The normalized spacial score (nSPS) is 49.6. The number of ketones is 2. The zero-order valence-electron chi connectivity index (χ0n) is 31.3. The van der Waals surface area contributed by atoms with E-state index >= 15 is 0 Å². The van der Waals surface area contributed by atoms with Crippen LogP contribution < -0.4 is 59.1 Å². The third kappa shape index (κ3) is 7.95. The summed E-state index contributed by atoms with van der Waals surface area (Å²) in [6.07, 6.45) is 20.3. The van der Waals surface area contributed by atoms with Gasteiger partial charge < -0.3 is 19.3 Å². The van der Waals surface area contributed by atoms with Gasteiger partial charge in [0.15, 0.2) is 0 Å². The van der Waals surface area contributed by atoms with Crippen molar-refractivity contribution in [2.45, 2.75) is 155 Å². The number of carbonyl (C=O) groups is 2. The first-order valence-corrected chi connectivity index (χ1v) is 20.3. The molecule has 0 saturated heterocycles. The first kappa shape index (κ1) is 42.9. The van der Waals surface area contributed by atoms with E-state index in [0.717, 1.165) is 99.7 Å². The van der Waals surface area contributed by atoms with Gasteiger partial charge in [-0.05, 0) is 161 Å². The molecule has 8 aliphatic carbocycles. The monoisotopic (exact) mass is 722 g/mol. The van der Waals surface area contributed by atoms with Crippen molar-refractivity contribution >= 4 is 22.0 Å². The Hall–Kier alpha value is 1.13. The summed E-state index contributed by atoms with van der Waals surface area (Å²) < 4.78 is 34.1. The molecule has 4 unspecified atom stereocenters. The Bertz CT molecular complexity index is 1240. The fourth-order valence-corrected chi connectivity index (χ4v) is 14.0. The molecule has 0 aliphatic heterocycles. The van der Waals surface area contributed by atoms with Gasteiger partial charge in [-0.15, -0.1) is 0 Å². The third-order valence-corrected chi connectivity index (χ3v) is 16.7. The van der Waals surface area contributed by atoms with E-state index in [1.807, 2.05) is 0 Å². The molecule has 14 atom stereocenters. The summed E-state index contributed by atoms with van der Waals surface area (Å²) in [7, 11) is -5.17. The average Bonchev–Trinajstić information content (AvgIpc) is 3.47. The molecule has 0 radical (unpaired) electrons. The number of carbonyl (C=O) groups excluding carboxylic acids is 2. The number of fused-ring (bicyclic) bond motifs is 10. The van der Waals surface area contributed by atoms with Crippen LogP contribution in [-0.2, 0) is 20.0 Å². The Morgan fingerprint density at radius 2 is 0.898 bits per heavy atom. The third-order valence-electron chi connectivity index (χ3n) is 16.7. The predicted octanol–water partition coefficient (Wildman–Crippen LogP) is 0.588. The van der Waals surface area contributed by atoms with Gasteiger partial charge in [0, 0.05) is 34.1 Å². The zero-order chi connectivity index (χ0) is 34.2. The molecule has 11 heteroatoms. The van der Waals surface area contributed by atoms with Crippen molar-refractivity contribution < 1.29 is 96.4 Å². The van der Waals surface area contributed by atoms with Crippen LogP contribution in [0.25, 0.3) is 0 Å². The van der Waals surface area contributed by atoms with Crippen LogP contribution in [0.1, 0.15) is 143 Å². The van der Waals surface area contributed by atoms with Gasteiger partial charge in [-0.3, -0.25) is 18.0 Å². The Balaban J connectivity index is 0.000000188. The van der Waals surface area contributed by atoms with Gasteiger partial charge in [-0.2, -0.15) is 0 Å². The molecule has 49 heavy (non-hydrogen) atoms. The van der Waals surface area contributed by atoms with Crippen LogP contribution in [0.5, 0.6) is 0 Å². The molecule has 8 aliphatic rings. The number of aliphatic hydroxyl groups excluding tert-OH is 2. The van der Waals surface area contributed by atoms with Crippen LogP contribution in [0.4, 0.5) is 0 Å². The van der Waals surface area contributed by atoms with Gasteiger partial charge in [0.1, 0.15) is 11.6 Å². The minimum atomic E-state index is -5.17. The Kier molecular flexibility index (Phi) is 13.7. The van der Waals surface area contributed by atoms with Crippen LogP contribution in [0.3, 0.4) is 0 Å². The molecule has 268 valence electrons. The maximum absolute atomic E-state index is 12.4. The second-order valence-electron chi connectivity index (χ2n) is 18.4. The largest absolute Gasteiger partial charge is 1.00 e. The summed E-state index contributed by atoms with van der Waals surface area (Å²) in [5, 5.41) is 20.1. The smallest absolute Gasteiger partial charge is 0.759 e. The summed E-state index contributed by atoms with van der Waals surface area (Å²) >= 11 is 0. The van der Waals surface area contributed by atoms with Crippen molar-refractivity contribution in [3.05, 3.63) is 0 Å². The Labute approximate surface area is 340 Å². The molecule has 8 rings (SSSR count). The van der Waals surface area contributed by atoms with Crippen molar-refractivity contribution in [1.29, 1.82) is 0 Å². The number of rotatable bonds is 0. The summed E-state index contributed by atoms with van der Waals surface area (Å²) in [4.78, 5) is 24.8. The maximum Gasteiger partial charge on any atom is 1.00 e. The standard InChI is InChI=1S/2C19H30O2.2Na.H2O4S/c2*1-18-9-7-13(20)11-12(18)3-4-14-15-5-6-17(21)19(15,2)10-8-16(14)18;;;1-5(2,3)4/h2*12-16,20H,3-11H2,1-2H3;;;(H2,1,2,3,4)/q;;2*+1;/p-2/t12-,13-,14?,15?,16?,18+,19+;12-,13-,14-,15?,16-,18+,19+;;;/m11.../s1. The SMILES string of the molecule is C[C@]12CCC3C(CC[C@@H]4C[C@H](O)CC[C@]34C)C1CCC2=O.C[C@]12CC[C@@H](O)C[C@H]1CC[C@@H]1C3CCC(=O)[C@@]3(C)CC[C@H]12.O=S(=O)([O-])[O-].[Na+].[Na+]. The molecule has 2 N–H and O–H groups in total. The van der Waals surface area contributed by atoms with Crippen molar-refractivity contribution in [2.24, 2.45) is 69.0 Å². The van der Waals surface area contributed by atoms with Gasteiger partial charge >= 0.3 is 59.1 Å². The first-order chi connectivity index (χ1) is 21.9. The minimum Gasteiger partial charge on any atom is -0.759 e. The second kappa shape index (κ2) is 15.7. The van der Waals surface area contributed by atoms with E-state index < -0.39 is 10.4 Å². The van der Waals surface area contributed by atoms with Gasteiger partial charge in [0.05, 0.1) is 12.2 Å².